The third-order valence-corrected chi connectivity index (χ3v) is 6.54. The quantitative estimate of drug-likeness (QED) is 0.215. The van der Waals surface area contributed by atoms with Crippen molar-refractivity contribution in [3.8, 4) is 0 Å². The number of carbonyl (C=O) groups excluding carboxylic acids is 2. The fraction of sp³-hybridized carbons (Fsp3) is 0.371. The number of alkyl carbamates (subject to hydrolysis) is 1. The van der Waals surface area contributed by atoms with E-state index in [-0.39, 0.29) is 24.8 Å². The maximum absolute atomic E-state index is 13.4. The summed E-state index contributed by atoms with van der Waals surface area (Å²) in [5.41, 5.74) is 2.56. The Kier molecular flexibility index (Phi) is 12.6. The molecule has 0 spiro atoms. The van der Waals surface area contributed by atoms with E-state index in [4.69, 9.17) is 9.47 Å². The number of ether oxygens (including phenoxy) is 2. The summed E-state index contributed by atoms with van der Waals surface area (Å²) in [6, 6.07) is 29.5. The normalized spacial score (nSPS) is 12.7. The average Bonchev–Trinajstić information content (AvgIpc) is 2.95. The lowest BCUT2D eigenvalue weighted by Crippen LogP contribution is -2.51. The third kappa shape index (κ3) is 11.8. The average molecular weight is 572 g/mol. The number of nitrogens with zero attached hydrogens (tertiary/aromatic N) is 2. The molecule has 0 radical (unpaired) electrons. The zero-order valence-electron chi connectivity index (χ0n) is 25.4. The van der Waals surface area contributed by atoms with Gasteiger partial charge >= 0.3 is 12.2 Å². The van der Waals surface area contributed by atoms with E-state index >= 15 is 0 Å². The Labute approximate surface area is 251 Å². The number of amides is 2. The van der Waals surface area contributed by atoms with E-state index < -0.39 is 11.7 Å². The molecule has 0 aliphatic carbocycles. The van der Waals surface area contributed by atoms with E-state index in [0.29, 0.717) is 32.6 Å². The van der Waals surface area contributed by atoms with E-state index in [9.17, 15) is 9.59 Å². The Morgan fingerprint density at radius 1 is 0.857 bits per heavy atom. The van der Waals surface area contributed by atoms with Gasteiger partial charge in [0.1, 0.15) is 12.2 Å². The van der Waals surface area contributed by atoms with Crippen LogP contribution < -0.4 is 5.32 Å². The van der Waals surface area contributed by atoms with Crippen molar-refractivity contribution >= 4 is 12.2 Å². The number of rotatable bonds is 14. The van der Waals surface area contributed by atoms with Crippen LogP contribution in [0.15, 0.2) is 104 Å². The molecule has 0 bridgehead atoms. The number of nitrogens with one attached hydrogen (secondary N) is 1. The van der Waals surface area contributed by atoms with Crippen LogP contribution in [0.5, 0.6) is 0 Å². The molecule has 42 heavy (non-hydrogen) atoms. The van der Waals surface area contributed by atoms with Gasteiger partial charge in [-0.1, -0.05) is 97.1 Å². The summed E-state index contributed by atoms with van der Waals surface area (Å²) >= 11 is 0. The Bertz CT molecular complexity index is 1230. The van der Waals surface area contributed by atoms with Crippen molar-refractivity contribution in [3.63, 3.8) is 0 Å². The molecule has 0 heterocycles. The third-order valence-electron chi connectivity index (χ3n) is 6.54. The first-order valence-corrected chi connectivity index (χ1v) is 14.5. The van der Waals surface area contributed by atoms with Gasteiger partial charge in [-0.25, -0.2) is 9.59 Å². The second-order valence-corrected chi connectivity index (χ2v) is 11.6. The van der Waals surface area contributed by atoms with Gasteiger partial charge in [-0.3, -0.25) is 9.80 Å². The van der Waals surface area contributed by atoms with Crippen molar-refractivity contribution < 1.29 is 19.1 Å². The summed E-state index contributed by atoms with van der Waals surface area (Å²) in [5.74, 6) is 0. The fourth-order valence-corrected chi connectivity index (χ4v) is 4.73. The highest BCUT2D eigenvalue weighted by Gasteiger charge is 2.30. The van der Waals surface area contributed by atoms with Crippen LogP contribution >= 0.6 is 0 Å². The van der Waals surface area contributed by atoms with Crippen LogP contribution in [-0.2, 0) is 29.0 Å². The summed E-state index contributed by atoms with van der Waals surface area (Å²) in [7, 11) is 0. The summed E-state index contributed by atoms with van der Waals surface area (Å²) in [6.07, 6.45) is 1.53. The molecule has 0 unspecified atom stereocenters. The molecule has 7 nitrogen and oxygen atoms in total. The van der Waals surface area contributed by atoms with Crippen LogP contribution in [-0.4, -0.2) is 59.3 Å². The number of hydrogen-bond acceptors (Lipinski definition) is 5. The number of carbonyl (C=O) groups is 2. The van der Waals surface area contributed by atoms with Crippen molar-refractivity contribution in [2.24, 2.45) is 0 Å². The van der Waals surface area contributed by atoms with Crippen LogP contribution in [0.1, 0.15) is 44.4 Å². The maximum Gasteiger partial charge on any atom is 0.410 e. The van der Waals surface area contributed by atoms with Gasteiger partial charge in [0.2, 0.25) is 0 Å². The lowest BCUT2D eigenvalue weighted by atomic mass is 10.0. The molecule has 2 atom stereocenters. The Hall–Kier alpha value is -4.10. The second-order valence-electron chi connectivity index (χ2n) is 11.6. The van der Waals surface area contributed by atoms with Crippen molar-refractivity contribution in [1.82, 2.24) is 15.1 Å². The Balaban J connectivity index is 1.80. The Morgan fingerprint density at radius 3 is 1.95 bits per heavy atom. The van der Waals surface area contributed by atoms with E-state index in [1.807, 2.05) is 94.4 Å². The molecule has 2 amide bonds. The first-order valence-electron chi connectivity index (χ1n) is 14.5. The molecule has 0 aliphatic rings. The van der Waals surface area contributed by atoms with Gasteiger partial charge in [0, 0.05) is 32.2 Å². The minimum atomic E-state index is -0.629. The molecule has 0 fully saturated rings. The molecule has 3 rings (SSSR count). The molecule has 1 N–H and O–H groups in total. The maximum atomic E-state index is 13.4. The van der Waals surface area contributed by atoms with Crippen LogP contribution in [0.4, 0.5) is 9.59 Å². The highest BCUT2D eigenvalue weighted by Crippen LogP contribution is 2.18. The van der Waals surface area contributed by atoms with Crippen LogP contribution in [0.3, 0.4) is 0 Å². The van der Waals surface area contributed by atoms with Gasteiger partial charge in [-0.15, -0.1) is 6.58 Å². The molecule has 3 aromatic carbocycles. The number of hydrogen-bond donors (Lipinski definition) is 1. The predicted molar refractivity (Wildman–Crippen MR) is 168 cm³/mol. The highest BCUT2D eigenvalue weighted by atomic mass is 16.6. The number of benzene rings is 3. The summed E-state index contributed by atoms with van der Waals surface area (Å²) < 4.78 is 11.3. The van der Waals surface area contributed by atoms with Gasteiger partial charge < -0.3 is 14.8 Å². The van der Waals surface area contributed by atoms with Gasteiger partial charge in [0.05, 0.1) is 6.04 Å². The van der Waals surface area contributed by atoms with Crippen LogP contribution in [0.2, 0.25) is 0 Å². The molecule has 0 aliphatic heterocycles. The lowest BCUT2D eigenvalue weighted by Gasteiger charge is -2.37. The van der Waals surface area contributed by atoms with Gasteiger partial charge in [-0.2, -0.15) is 0 Å². The Morgan fingerprint density at radius 2 is 1.40 bits per heavy atom. The van der Waals surface area contributed by atoms with Gasteiger partial charge in [0.15, 0.2) is 0 Å². The topological polar surface area (TPSA) is 71.1 Å². The smallest absolute Gasteiger partial charge is 0.410 e. The van der Waals surface area contributed by atoms with Crippen molar-refractivity contribution in [1.29, 1.82) is 0 Å². The van der Waals surface area contributed by atoms with E-state index in [2.05, 4.69) is 41.1 Å². The van der Waals surface area contributed by atoms with Gasteiger partial charge in [-0.05, 0) is 50.8 Å². The minimum absolute atomic E-state index is 0.205. The summed E-state index contributed by atoms with van der Waals surface area (Å²) in [5, 5.41) is 2.97. The molecule has 0 saturated heterocycles. The zero-order chi connectivity index (χ0) is 30.4. The molecule has 3 aromatic rings. The molecular weight excluding hydrogens is 526 g/mol. The zero-order valence-corrected chi connectivity index (χ0v) is 25.4. The highest BCUT2D eigenvalue weighted by molar-refractivity contribution is 5.69. The van der Waals surface area contributed by atoms with Crippen molar-refractivity contribution in [2.75, 3.05) is 19.6 Å². The molecule has 0 saturated carbocycles. The largest absolute Gasteiger partial charge is 0.445 e. The first kappa shape index (κ1) is 32.4. The van der Waals surface area contributed by atoms with E-state index in [0.717, 1.165) is 16.7 Å². The van der Waals surface area contributed by atoms with E-state index in [1.54, 1.807) is 11.0 Å². The molecule has 7 heteroatoms. The fourth-order valence-electron chi connectivity index (χ4n) is 4.73. The monoisotopic (exact) mass is 571 g/mol. The summed E-state index contributed by atoms with van der Waals surface area (Å²) in [4.78, 5) is 30.1. The summed E-state index contributed by atoms with van der Waals surface area (Å²) in [6.45, 7) is 13.8. The molecule has 224 valence electrons. The lowest BCUT2D eigenvalue weighted by molar-refractivity contribution is 0.0144. The molecule has 0 aromatic heterocycles. The minimum Gasteiger partial charge on any atom is -0.445 e. The SMILES string of the molecule is C=CCN(C(=O)OC(C)(C)C)[C@H](Cc1ccccc1)CN(Cc1ccccc1)C[C@@H](C)NC(=O)OCc1ccccc1. The van der Waals surface area contributed by atoms with Crippen molar-refractivity contribution in [3.05, 3.63) is 120 Å². The van der Waals surface area contributed by atoms with E-state index in [1.165, 1.54) is 0 Å². The second kappa shape index (κ2) is 16.4. The van der Waals surface area contributed by atoms with Crippen LogP contribution in [0.25, 0.3) is 0 Å². The van der Waals surface area contributed by atoms with Crippen LogP contribution in [0, 0.1) is 0 Å². The van der Waals surface area contributed by atoms with Crippen molar-refractivity contribution in [2.45, 2.75) is 65.0 Å². The molecular formula is C35H45N3O4. The predicted octanol–water partition coefficient (Wildman–Crippen LogP) is 6.84. The standard InChI is InChI=1S/C35H45N3O4/c1-6-22-38(34(40)42-35(3,4)5)32(23-29-16-10-7-11-17-29)26-37(25-30-18-12-8-13-19-30)24-28(2)36-33(39)41-27-31-20-14-9-15-21-31/h6-21,28,32H,1,22-27H2,2-5H3,(H,36,39)/t28-,32-/m1/s1. The van der Waals surface area contributed by atoms with Gasteiger partial charge in [0.25, 0.3) is 0 Å². The first-order chi connectivity index (χ1) is 20.1.